The molecule has 17 heteroatoms. The largest absolute Gasteiger partial charge is 0.471 e. The summed E-state index contributed by atoms with van der Waals surface area (Å²) in [5, 5.41) is 11.5. The Morgan fingerprint density at radius 3 is 2.78 bits per heavy atom. The molecule has 0 radical (unpaired) electrons. The van der Waals surface area contributed by atoms with E-state index in [1.54, 1.807) is 32.8 Å². The monoisotopic (exact) mass is 625 g/mol. The Hall–Kier alpha value is -2.33. The molecule has 3 atom stereocenters. The second-order valence-electron chi connectivity index (χ2n) is 9.44. The molecule has 0 spiro atoms. The van der Waals surface area contributed by atoms with E-state index < -0.39 is 41.0 Å². The van der Waals surface area contributed by atoms with Crippen molar-refractivity contribution in [2.45, 2.75) is 49.6 Å². The maximum Gasteiger partial charge on any atom is 0.471 e. The van der Waals surface area contributed by atoms with Crippen LogP contribution >= 0.6 is 21.6 Å². The van der Waals surface area contributed by atoms with Crippen molar-refractivity contribution in [2.75, 3.05) is 53.7 Å². The average molecular weight is 626 g/mol. The highest BCUT2D eigenvalue weighted by atomic mass is 33.1. The molecule has 1 aromatic rings. The van der Waals surface area contributed by atoms with Crippen molar-refractivity contribution in [1.29, 1.82) is 0 Å². The van der Waals surface area contributed by atoms with Gasteiger partial charge in [-0.25, -0.2) is 9.79 Å². The Kier molecular flexibility index (Phi) is 13.9. The van der Waals surface area contributed by atoms with Crippen LogP contribution in [-0.4, -0.2) is 109 Å². The van der Waals surface area contributed by atoms with Crippen LogP contribution < -0.4 is 11.0 Å². The van der Waals surface area contributed by atoms with Gasteiger partial charge in [0.2, 0.25) is 0 Å². The fraction of sp³-hybridized carbons (Fsp3) is 0.667. The Balaban J connectivity index is 2.03. The molecule has 2 N–H and O–H groups in total. The number of halogens is 3. The number of alkyl halides is 3. The van der Waals surface area contributed by atoms with Crippen LogP contribution in [0.5, 0.6) is 0 Å². The molecule has 0 saturated carbocycles. The molecule has 1 aliphatic rings. The van der Waals surface area contributed by atoms with Crippen LogP contribution in [0.1, 0.15) is 32.1 Å². The van der Waals surface area contributed by atoms with Crippen molar-refractivity contribution in [3.8, 4) is 11.8 Å². The highest BCUT2D eigenvalue weighted by Crippen LogP contribution is 2.35. The molecule has 2 heterocycles. The van der Waals surface area contributed by atoms with Crippen LogP contribution in [-0.2, 0) is 23.7 Å². The summed E-state index contributed by atoms with van der Waals surface area (Å²) in [6, 6.07) is 0. The fourth-order valence-corrected chi connectivity index (χ4v) is 5.39. The highest BCUT2D eigenvalue weighted by Gasteiger charge is 2.39. The molecule has 1 aromatic heterocycles. The number of ether oxygens (including phenoxy) is 4. The Morgan fingerprint density at radius 1 is 1.41 bits per heavy atom. The number of aliphatic hydroxyl groups excluding tert-OH is 1. The smallest absolute Gasteiger partial charge is 0.394 e. The number of nitrogens with one attached hydrogen (secondary N) is 1. The van der Waals surface area contributed by atoms with E-state index in [9.17, 15) is 27.9 Å². The van der Waals surface area contributed by atoms with Gasteiger partial charge >= 0.3 is 17.8 Å². The number of amides is 1. The Bertz CT molecular complexity index is 1160. The van der Waals surface area contributed by atoms with Gasteiger partial charge in [-0.15, -0.1) is 0 Å². The summed E-state index contributed by atoms with van der Waals surface area (Å²) >= 11 is 0. The third-order valence-corrected chi connectivity index (χ3v) is 8.13. The van der Waals surface area contributed by atoms with E-state index in [1.807, 2.05) is 5.32 Å². The zero-order chi connectivity index (χ0) is 30.6. The van der Waals surface area contributed by atoms with E-state index in [0.717, 1.165) is 0 Å². The first kappa shape index (κ1) is 34.9. The highest BCUT2D eigenvalue weighted by molar-refractivity contribution is 8.77. The van der Waals surface area contributed by atoms with Crippen molar-refractivity contribution in [3.05, 3.63) is 22.2 Å². The molecule has 0 bridgehead atoms. The second kappa shape index (κ2) is 16.3. The standard InChI is InChI=1S/C24H34F3N5O7S2/c1-23(2,12-28-21(34)24(25,26)27)41-40-15-37-8-6-7-16-10-32(22(35)30-20(16)29-13-31(3)4)19-9-17(38-14-36-5)18(11-33)39-19/h10,13,17-19,33H,8-9,11-12,14-15H2,1-5H3,(H,28,34)/b29-13+/t17?,18-,19-/m1/s1. The number of aliphatic imine (C=N–C) groups is 1. The lowest BCUT2D eigenvalue weighted by Gasteiger charge is -2.23. The molecule has 2 rings (SSSR count). The molecule has 1 aliphatic heterocycles. The lowest BCUT2D eigenvalue weighted by atomic mass is 10.2. The summed E-state index contributed by atoms with van der Waals surface area (Å²) in [5.41, 5.74) is -0.283. The normalized spacial score (nSPS) is 19.3. The number of hydrogen-bond donors (Lipinski definition) is 2. The zero-order valence-electron chi connectivity index (χ0n) is 23.3. The summed E-state index contributed by atoms with van der Waals surface area (Å²) < 4.78 is 59.5. The van der Waals surface area contributed by atoms with Crippen LogP contribution in [0.3, 0.4) is 0 Å². The minimum Gasteiger partial charge on any atom is -0.394 e. The summed E-state index contributed by atoms with van der Waals surface area (Å²) in [5.74, 6) is 4.03. The van der Waals surface area contributed by atoms with Gasteiger partial charge in [-0.05, 0) is 13.8 Å². The van der Waals surface area contributed by atoms with Gasteiger partial charge in [-0.3, -0.25) is 9.36 Å². The van der Waals surface area contributed by atoms with Crippen LogP contribution in [0.4, 0.5) is 19.0 Å². The van der Waals surface area contributed by atoms with Crippen molar-refractivity contribution < 1.29 is 42.0 Å². The Labute approximate surface area is 243 Å². The molecular weight excluding hydrogens is 591 g/mol. The molecule has 1 amide bonds. The van der Waals surface area contributed by atoms with Crippen LogP contribution in [0.2, 0.25) is 0 Å². The number of nitrogens with zero attached hydrogens (tertiary/aromatic N) is 4. The van der Waals surface area contributed by atoms with E-state index in [0.29, 0.717) is 5.56 Å². The first-order valence-corrected chi connectivity index (χ1v) is 14.5. The average Bonchev–Trinajstić information content (AvgIpc) is 3.31. The lowest BCUT2D eigenvalue weighted by Crippen LogP contribution is -2.42. The predicted molar refractivity (Wildman–Crippen MR) is 149 cm³/mol. The van der Waals surface area contributed by atoms with E-state index in [4.69, 9.17) is 18.9 Å². The van der Waals surface area contributed by atoms with E-state index in [2.05, 4.69) is 21.8 Å². The van der Waals surface area contributed by atoms with Gasteiger partial charge in [0, 0.05) is 45.1 Å². The van der Waals surface area contributed by atoms with Crippen molar-refractivity contribution in [1.82, 2.24) is 19.8 Å². The minimum atomic E-state index is -4.93. The van der Waals surface area contributed by atoms with Gasteiger partial charge in [0.25, 0.3) is 0 Å². The van der Waals surface area contributed by atoms with Gasteiger partial charge in [-0.2, -0.15) is 18.2 Å². The molecule has 0 aliphatic carbocycles. The fourth-order valence-electron chi connectivity index (χ4n) is 3.25. The maximum atomic E-state index is 12.8. The molecule has 41 heavy (non-hydrogen) atoms. The van der Waals surface area contributed by atoms with Crippen molar-refractivity contribution in [2.24, 2.45) is 4.99 Å². The number of hydrogen-bond acceptors (Lipinski definition) is 11. The summed E-state index contributed by atoms with van der Waals surface area (Å²) in [4.78, 5) is 33.8. The number of carbonyl (C=O) groups excluding carboxylic acids is 1. The van der Waals surface area contributed by atoms with Crippen molar-refractivity contribution in [3.63, 3.8) is 0 Å². The molecule has 12 nitrogen and oxygen atoms in total. The number of aromatic nitrogens is 2. The zero-order valence-corrected chi connectivity index (χ0v) is 24.9. The summed E-state index contributed by atoms with van der Waals surface area (Å²) in [6.45, 7) is 2.92. The van der Waals surface area contributed by atoms with Crippen LogP contribution in [0.25, 0.3) is 0 Å². The number of carbonyl (C=O) groups is 1. The minimum absolute atomic E-state index is 0.00220. The summed E-state index contributed by atoms with van der Waals surface area (Å²) in [7, 11) is 7.51. The van der Waals surface area contributed by atoms with Crippen LogP contribution in [0, 0.1) is 11.8 Å². The third kappa shape index (κ3) is 11.8. The number of rotatable bonds is 14. The van der Waals surface area contributed by atoms with Gasteiger partial charge in [0.15, 0.2) is 5.82 Å². The second-order valence-corrected chi connectivity index (χ2v) is 12.4. The molecular formula is C24H34F3N5O7S2. The SMILES string of the molecule is COCOC1C[C@H](n2cc(C#CCOCSSC(C)(C)CNC(=O)C(F)(F)F)c(/N=C/N(C)C)nc2=O)O[C@@H]1CO. The maximum absolute atomic E-state index is 12.8. The topological polar surface area (TPSA) is 137 Å². The molecule has 1 fully saturated rings. The van der Waals surface area contributed by atoms with Crippen LogP contribution in [0.15, 0.2) is 16.0 Å². The predicted octanol–water partition coefficient (Wildman–Crippen LogP) is 1.90. The molecule has 1 saturated heterocycles. The van der Waals surface area contributed by atoms with Gasteiger partial charge < -0.3 is 34.3 Å². The third-order valence-electron chi connectivity index (χ3n) is 5.16. The number of methoxy groups -OCH3 is 1. The van der Waals surface area contributed by atoms with Gasteiger partial charge in [-0.1, -0.05) is 33.4 Å². The van der Waals surface area contributed by atoms with Crippen molar-refractivity contribution >= 4 is 39.7 Å². The molecule has 230 valence electrons. The quantitative estimate of drug-likeness (QED) is 0.0784. The van der Waals surface area contributed by atoms with E-state index in [1.165, 1.54) is 45.8 Å². The van der Waals surface area contributed by atoms with Gasteiger partial charge in [0.1, 0.15) is 31.7 Å². The summed E-state index contributed by atoms with van der Waals surface area (Å²) in [6.07, 6.45) is -3.60. The first-order valence-electron chi connectivity index (χ1n) is 12.2. The van der Waals surface area contributed by atoms with Gasteiger partial charge in [0.05, 0.1) is 24.6 Å². The van der Waals surface area contributed by atoms with E-state index in [-0.39, 0.29) is 44.7 Å². The molecule has 0 aromatic carbocycles. The lowest BCUT2D eigenvalue weighted by molar-refractivity contribution is -0.173. The number of aliphatic hydroxyl groups is 1. The first-order chi connectivity index (χ1) is 19.3. The molecule has 1 unspecified atom stereocenters. The Morgan fingerprint density at radius 2 is 2.15 bits per heavy atom. The van der Waals surface area contributed by atoms with E-state index >= 15 is 0 Å².